The van der Waals surface area contributed by atoms with Gasteiger partial charge >= 0.3 is 5.97 Å². The van der Waals surface area contributed by atoms with E-state index in [-0.39, 0.29) is 42.6 Å². The number of hydrogen-bond donors (Lipinski definition) is 2. The number of benzene rings is 2. The Balaban J connectivity index is 1.63. The molecule has 0 saturated carbocycles. The number of amides is 2. The fraction of sp³-hybridized carbons (Fsp3) is 0.357. The third kappa shape index (κ3) is 6.31. The summed E-state index contributed by atoms with van der Waals surface area (Å²) in [5.74, 6) is -2.10. The normalized spacial score (nSPS) is 14.9. The highest BCUT2D eigenvalue weighted by Crippen LogP contribution is 2.27. The van der Waals surface area contributed by atoms with Crippen LogP contribution < -0.4 is 5.32 Å². The molecule has 0 saturated heterocycles. The number of rotatable bonds is 8. The molecule has 11 heteroatoms. The van der Waals surface area contributed by atoms with Crippen LogP contribution in [0.15, 0.2) is 54.9 Å². The SMILES string of the molecule is CC(C)(C)c1ccc(Cn2cnc3c2CN(C(=O)c2cccc([N+](=O)[O-])c2)C(C(=O)NCCC(=O)O)C3)cc1. The maximum atomic E-state index is 13.6. The second-order valence-corrected chi connectivity index (χ2v) is 10.6. The molecule has 0 spiro atoms. The molecule has 1 aromatic heterocycles. The van der Waals surface area contributed by atoms with Gasteiger partial charge in [-0.1, -0.05) is 51.1 Å². The number of hydrogen-bond acceptors (Lipinski definition) is 6. The van der Waals surface area contributed by atoms with Gasteiger partial charge in [0.05, 0.1) is 35.6 Å². The molecule has 3 aromatic rings. The molecule has 2 amide bonds. The van der Waals surface area contributed by atoms with Crippen LogP contribution in [0.25, 0.3) is 0 Å². The number of fused-ring (bicyclic) bond motifs is 1. The summed E-state index contributed by atoms with van der Waals surface area (Å²) >= 11 is 0. The number of imidazole rings is 1. The van der Waals surface area contributed by atoms with E-state index in [1.54, 1.807) is 6.33 Å². The molecule has 0 bridgehead atoms. The monoisotopic (exact) mass is 533 g/mol. The molecule has 0 radical (unpaired) electrons. The molecule has 1 aliphatic heterocycles. The fourth-order valence-corrected chi connectivity index (χ4v) is 4.59. The summed E-state index contributed by atoms with van der Waals surface area (Å²) in [4.78, 5) is 54.2. The first-order valence-electron chi connectivity index (χ1n) is 12.6. The number of nitro groups is 1. The van der Waals surface area contributed by atoms with E-state index < -0.39 is 28.7 Å². The Morgan fingerprint density at radius 3 is 2.51 bits per heavy atom. The zero-order valence-electron chi connectivity index (χ0n) is 22.1. The number of carboxylic acids is 1. The van der Waals surface area contributed by atoms with E-state index in [9.17, 15) is 24.5 Å². The van der Waals surface area contributed by atoms with Crippen LogP contribution in [-0.4, -0.2) is 54.9 Å². The Morgan fingerprint density at radius 2 is 1.87 bits per heavy atom. The lowest BCUT2D eigenvalue weighted by molar-refractivity contribution is -0.384. The van der Waals surface area contributed by atoms with Crippen LogP contribution in [0.5, 0.6) is 0 Å². The van der Waals surface area contributed by atoms with Gasteiger partial charge in [0.2, 0.25) is 5.91 Å². The van der Waals surface area contributed by atoms with Crippen molar-refractivity contribution in [1.82, 2.24) is 19.8 Å². The minimum absolute atomic E-state index is 0.0279. The number of carbonyl (C=O) groups is 3. The number of carboxylic acid groups (broad SMARTS) is 1. The van der Waals surface area contributed by atoms with Gasteiger partial charge in [-0.25, -0.2) is 4.98 Å². The van der Waals surface area contributed by atoms with Crippen molar-refractivity contribution in [3.63, 3.8) is 0 Å². The molecule has 0 fully saturated rings. The molecular formula is C28H31N5O6. The largest absolute Gasteiger partial charge is 0.481 e. The summed E-state index contributed by atoms with van der Waals surface area (Å²) < 4.78 is 1.94. The van der Waals surface area contributed by atoms with E-state index in [0.29, 0.717) is 12.2 Å². The Morgan fingerprint density at radius 1 is 1.15 bits per heavy atom. The van der Waals surface area contributed by atoms with Crippen molar-refractivity contribution in [2.75, 3.05) is 6.54 Å². The Labute approximate surface area is 225 Å². The molecule has 1 aliphatic rings. The first-order chi connectivity index (χ1) is 18.4. The zero-order valence-corrected chi connectivity index (χ0v) is 22.1. The van der Waals surface area contributed by atoms with Crippen LogP contribution in [0.3, 0.4) is 0 Å². The maximum Gasteiger partial charge on any atom is 0.305 e. The van der Waals surface area contributed by atoms with Crippen LogP contribution in [0.4, 0.5) is 5.69 Å². The number of carbonyl (C=O) groups excluding carboxylic acids is 2. The predicted octanol–water partition coefficient (Wildman–Crippen LogP) is 3.30. The van der Waals surface area contributed by atoms with Gasteiger partial charge < -0.3 is 19.9 Å². The molecule has 0 aliphatic carbocycles. The van der Waals surface area contributed by atoms with Gasteiger partial charge in [0, 0.05) is 37.2 Å². The van der Waals surface area contributed by atoms with Crippen molar-refractivity contribution in [2.45, 2.75) is 58.2 Å². The van der Waals surface area contributed by atoms with E-state index >= 15 is 0 Å². The van der Waals surface area contributed by atoms with Gasteiger partial charge in [0.25, 0.3) is 11.6 Å². The molecule has 2 aromatic carbocycles. The van der Waals surface area contributed by atoms with Crippen LogP contribution in [0, 0.1) is 10.1 Å². The summed E-state index contributed by atoms with van der Waals surface area (Å²) in [7, 11) is 0. The number of nitrogens with zero attached hydrogens (tertiary/aromatic N) is 4. The smallest absolute Gasteiger partial charge is 0.305 e. The number of aliphatic carboxylic acids is 1. The zero-order chi connectivity index (χ0) is 28.3. The van der Waals surface area contributed by atoms with E-state index in [1.165, 1.54) is 34.7 Å². The third-order valence-corrected chi connectivity index (χ3v) is 6.79. The van der Waals surface area contributed by atoms with Crippen LogP contribution in [-0.2, 0) is 34.5 Å². The molecule has 2 N–H and O–H groups in total. The summed E-state index contributed by atoms with van der Waals surface area (Å²) in [6, 6.07) is 12.7. The molecule has 4 rings (SSSR count). The van der Waals surface area contributed by atoms with Crippen LogP contribution >= 0.6 is 0 Å². The van der Waals surface area contributed by atoms with Crippen molar-refractivity contribution in [2.24, 2.45) is 0 Å². The van der Waals surface area contributed by atoms with Gasteiger partial charge in [-0.15, -0.1) is 0 Å². The molecular weight excluding hydrogens is 502 g/mol. The average molecular weight is 534 g/mol. The topological polar surface area (TPSA) is 148 Å². The molecule has 1 unspecified atom stereocenters. The van der Waals surface area contributed by atoms with Crippen molar-refractivity contribution < 1.29 is 24.4 Å². The quantitative estimate of drug-likeness (QED) is 0.333. The highest BCUT2D eigenvalue weighted by Gasteiger charge is 2.37. The van der Waals surface area contributed by atoms with Gasteiger partial charge in [-0.05, 0) is 22.6 Å². The molecule has 2 heterocycles. The van der Waals surface area contributed by atoms with Gasteiger partial charge in [-0.3, -0.25) is 24.5 Å². The minimum Gasteiger partial charge on any atom is -0.481 e. The summed E-state index contributed by atoms with van der Waals surface area (Å²) in [5, 5.41) is 22.8. The van der Waals surface area contributed by atoms with Crippen molar-refractivity contribution in [1.29, 1.82) is 0 Å². The van der Waals surface area contributed by atoms with Crippen molar-refractivity contribution in [3.05, 3.63) is 93.1 Å². The molecule has 39 heavy (non-hydrogen) atoms. The van der Waals surface area contributed by atoms with Crippen LogP contribution in [0.2, 0.25) is 0 Å². The van der Waals surface area contributed by atoms with E-state index in [1.807, 2.05) is 4.57 Å². The maximum absolute atomic E-state index is 13.6. The summed E-state index contributed by atoms with van der Waals surface area (Å²) in [5.41, 5.74) is 3.58. The Kier molecular flexibility index (Phi) is 7.80. The van der Waals surface area contributed by atoms with E-state index in [2.05, 4.69) is 55.3 Å². The van der Waals surface area contributed by atoms with Crippen molar-refractivity contribution >= 4 is 23.5 Å². The lowest BCUT2D eigenvalue weighted by atomic mass is 9.87. The number of aromatic nitrogens is 2. The lowest BCUT2D eigenvalue weighted by Gasteiger charge is -2.35. The van der Waals surface area contributed by atoms with E-state index in [0.717, 1.165) is 11.3 Å². The average Bonchev–Trinajstić information content (AvgIpc) is 3.28. The molecule has 11 nitrogen and oxygen atoms in total. The van der Waals surface area contributed by atoms with Gasteiger partial charge in [0.1, 0.15) is 6.04 Å². The lowest BCUT2D eigenvalue weighted by Crippen LogP contribution is -2.53. The first kappa shape index (κ1) is 27.5. The second-order valence-electron chi connectivity index (χ2n) is 10.6. The molecule has 204 valence electrons. The van der Waals surface area contributed by atoms with E-state index in [4.69, 9.17) is 5.11 Å². The second kappa shape index (κ2) is 11.1. The minimum atomic E-state index is -1.06. The van der Waals surface area contributed by atoms with Gasteiger partial charge in [0.15, 0.2) is 0 Å². The first-order valence-corrected chi connectivity index (χ1v) is 12.6. The number of nitro benzene ring substituents is 1. The standard InChI is InChI=1S/C28H31N5O6/c1-28(2,3)20-9-7-18(8-10-20)15-31-17-30-22-14-23(26(36)29-12-11-25(34)35)32(16-24(22)31)27(37)19-5-4-6-21(13-19)33(38)39/h4-10,13,17,23H,11-12,14-16H2,1-3H3,(H,29,36)(H,34,35). The predicted molar refractivity (Wildman–Crippen MR) is 142 cm³/mol. The fourth-order valence-electron chi connectivity index (χ4n) is 4.59. The molecule has 1 atom stereocenters. The number of nitrogens with one attached hydrogen (secondary N) is 1. The summed E-state index contributed by atoms with van der Waals surface area (Å²) in [6.07, 6.45) is 1.55. The Bertz CT molecular complexity index is 1410. The highest BCUT2D eigenvalue weighted by molar-refractivity contribution is 5.98. The number of non-ortho nitro benzene ring substituents is 1. The third-order valence-electron chi connectivity index (χ3n) is 6.79. The highest BCUT2D eigenvalue weighted by atomic mass is 16.6. The Hall–Kier alpha value is -4.54. The van der Waals surface area contributed by atoms with Gasteiger partial charge in [-0.2, -0.15) is 0 Å². The van der Waals surface area contributed by atoms with Crippen LogP contribution in [0.1, 0.15) is 60.1 Å². The van der Waals surface area contributed by atoms with Crippen molar-refractivity contribution in [3.8, 4) is 0 Å². The summed E-state index contributed by atoms with van der Waals surface area (Å²) in [6.45, 7) is 6.94.